The maximum Gasteiger partial charge on any atom is 0.220 e. The van der Waals surface area contributed by atoms with E-state index in [4.69, 9.17) is 4.74 Å². The number of hydrogen-bond acceptors (Lipinski definition) is 3. The van der Waals surface area contributed by atoms with Gasteiger partial charge in [0, 0.05) is 21.1 Å². The van der Waals surface area contributed by atoms with Gasteiger partial charge in [0.2, 0.25) is 5.91 Å². The Morgan fingerprint density at radius 3 is 2.55 bits per heavy atom. The van der Waals surface area contributed by atoms with Crippen LogP contribution in [-0.2, 0) is 14.9 Å². The number of nitrogens with zero attached hydrogens (tertiary/aromatic N) is 1. The predicted octanol–water partition coefficient (Wildman–Crippen LogP) is 5.47. The smallest absolute Gasteiger partial charge is 0.220 e. The van der Waals surface area contributed by atoms with E-state index < -0.39 is 0 Å². The predicted molar refractivity (Wildman–Crippen MR) is 128 cm³/mol. The Kier molecular flexibility index (Phi) is 7.07. The molecule has 2 fully saturated rings. The number of carbonyl (C=O) groups excluding carboxylic acids is 1. The van der Waals surface area contributed by atoms with Crippen LogP contribution in [0.25, 0.3) is 0 Å². The average Bonchev–Trinajstić information content (AvgIpc) is 2.76. The molecule has 0 unspecified atom stereocenters. The number of piperidine rings is 1. The van der Waals surface area contributed by atoms with Crippen LogP contribution in [0.1, 0.15) is 90.7 Å². The molecule has 4 rings (SSSR count). The van der Waals surface area contributed by atoms with Gasteiger partial charge in [-0.15, -0.1) is 0 Å². The Balaban J connectivity index is 0.00000289. The van der Waals surface area contributed by atoms with E-state index in [9.17, 15) is 4.79 Å². The topological polar surface area (TPSA) is 41.6 Å². The summed E-state index contributed by atoms with van der Waals surface area (Å²) in [5.74, 6) is 0.705. The number of ether oxygens (including phenoxy) is 1. The number of benzene rings is 1. The second-order valence-corrected chi connectivity index (χ2v) is 11.4. The molecular weight excluding hydrogens is 384 g/mol. The summed E-state index contributed by atoms with van der Waals surface area (Å²) in [6.07, 6.45) is 8.70. The highest BCUT2D eigenvalue weighted by atomic mass is 16.5. The largest absolute Gasteiger partial charge is 0.381 e. The molecule has 3 aliphatic rings. The fraction of sp³-hybridized carbons (Fsp3) is 0.741. The average molecular weight is 429 g/mol. The van der Waals surface area contributed by atoms with E-state index in [1.165, 1.54) is 56.4 Å². The van der Waals surface area contributed by atoms with E-state index in [0.717, 1.165) is 32.5 Å². The molecule has 0 radical (unpaired) electrons. The van der Waals surface area contributed by atoms with Crippen LogP contribution in [0.4, 0.5) is 0 Å². The van der Waals surface area contributed by atoms with Crippen LogP contribution in [-0.4, -0.2) is 43.7 Å². The van der Waals surface area contributed by atoms with Crippen molar-refractivity contribution in [2.75, 3.05) is 32.8 Å². The highest BCUT2D eigenvalue weighted by Crippen LogP contribution is 2.48. The molecule has 31 heavy (non-hydrogen) atoms. The van der Waals surface area contributed by atoms with Gasteiger partial charge in [0.1, 0.15) is 0 Å². The molecule has 1 aromatic rings. The minimum Gasteiger partial charge on any atom is -0.381 e. The van der Waals surface area contributed by atoms with Crippen molar-refractivity contribution in [1.82, 2.24) is 10.2 Å². The molecule has 1 amide bonds. The van der Waals surface area contributed by atoms with Crippen LogP contribution >= 0.6 is 0 Å². The Hall–Kier alpha value is -1.39. The zero-order valence-electron chi connectivity index (χ0n) is 19.9. The van der Waals surface area contributed by atoms with E-state index in [2.05, 4.69) is 55.3 Å². The zero-order chi connectivity index (χ0) is 21.9. The third-order valence-corrected chi connectivity index (χ3v) is 7.96. The van der Waals surface area contributed by atoms with E-state index in [-0.39, 0.29) is 13.4 Å². The summed E-state index contributed by atoms with van der Waals surface area (Å²) in [5, 5.41) is 3.40. The number of carbonyl (C=O) groups is 1. The standard InChI is InChI=1S/C27H42N2O2.H2/c1-26(2,3)12-15-29-16-13-27(14-17-29)11-8-24(22-6-4-5-7-23(22)27)28-25(30)20-21-9-18-31-19-10-21;/h4-7,21,24H,8-20H2,1-3H3,(H,28,30);1H/t24-;/m1./s1. The summed E-state index contributed by atoms with van der Waals surface area (Å²) in [4.78, 5) is 15.5. The third-order valence-electron chi connectivity index (χ3n) is 7.96. The van der Waals surface area contributed by atoms with Gasteiger partial charge in [0.15, 0.2) is 0 Å². The summed E-state index contributed by atoms with van der Waals surface area (Å²) < 4.78 is 5.45. The van der Waals surface area contributed by atoms with Gasteiger partial charge in [0.25, 0.3) is 0 Å². The van der Waals surface area contributed by atoms with Gasteiger partial charge in [-0.25, -0.2) is 0 Å². The van der Waals surface area contributed by atoms with Crippen molar-refractivity contribution in [2.24, 2.45) is 11.3 Å². The summed E-state index contributed by atoms with van der Waals surface area (Å²) >= 11 is 0. The molecule has 0 saturated carbocycles. The van der Waals surface area contributed by atoms with Crippen molar-refractivity contribution in [3.05, 3.63) is 35.4 Å². The first kappa shape index (κ1) is 22.8. The molecule has 4 heteroatoms. The highest BCUT2D eigenvalue weighted by molar-refractivity contribution is 5.77. The minimum atomic E-state index is 0. The summed E-state index contributed by atoms with van der Waals surface area (Å²) in [6.45, 7) is 12.2. The van der Waals surface area contributed by atoms with E-state index in [1.54, 1.807) is 0 Å². The van der Waals surface area contributed by atoms with Crippen molar-refractivity contribution in [3.63, 3.8) is 0 Å². The number of fused-ring (bicyclic) bond motifs is 2. The van der Waals surface area contributed by atoms with Gasteiger partial charge in [0.05, 0.1) is 6.04 Å². The summed E-state index contributed by atoms with van der Waals surface area (Å²) in [6, 6.07) is 9.12. The fourth-order valence-corrected chi connectivity index (χ4v) is 5.83. The second-order valence-electron chi connectivity index (χ2n) is 11.4. The van der Waals surface area contributed by atoms with Crippen molar-refractivity contribution in [1.29, 1.82) is 0 Å². The Labute approximate surface area is 190 Å². The quantitative estimate of drug-likeness (QED) is 0.676. The first-order valence-corrected chi connectivity index (χ1v) is 12.5. The maximum atomic E-state index is 12.8. The molecule has 1 aromatic carbocycles. The number of likely N-dealkylation sites (tertiary alicyclic amines) is 1. The molecule has 2 heterocycles. The third kappa shape index (κ3) is 5.70. The van der Waals surface area contributed by atoms with Crippen molar-refractivity contribution >= 4 is 5.91 Å². The molecule has 2 aliphatic heterocycles. The van der Waals surface area contributed by atoms with Gasteiger partial charge in [-0.1, -0.05) is 45.0 Å². The van der Waals surface area contributed by atoms with Crippen molar-refractivity contribution in [2.45, 2.75) is 83.6 Å². The maximum absolute atomic E-state index is 12.8. The molecular formula is C27H44N2O2. The Bertz CT molecular complexity index is 746. The zero-order valence-corrected chi connectivity index (χ0v) is 19.9. The van der Waals surface area contributed by atoms with Crippen molar-refractivity contribution in [3.8, 4) is 0 Å². The van der Waals surface area contributed by atoms with Crippen LogP contribution in [0.3, 0.4) is 0 Å². The van der Waals surface area contributed by atoms with E-state index >= 15 is 0 Å². The van der Waals surface area contributed by atoms with Crippen molar-refractivity contribution < 1.29 is 11.0 Å². The lowest BCUT2D eigenvalue weighted by Gasteiger charge is -2.47. The first-order valence-electron chi connectivity index (χ1n) is 12.5. The SMILES string of the molecule is CC(C)(C)CCN1CCC2(CC[C@@H](NC(=O)CC3CCOCC3)c3ccccc32)CC1.[HH]. The number of amides is 1. The summed E-state index contributed by atoms with van der Waals surface area (Å²) in [7, 11) is 0. The van der Waals surface area contributed by atoms with Crippen LogP contribution in [0.2, 0.25) is 0 Å². The van der Waals surface area contributed by atoms with Crippen LogP contribution in [0, 0.1) is 11.3 Å². The van der Waals surface area contributed by atoms with Gasteiger partial charge in [-0.05, 0) is 92.5 Å². The molecule has 0 bridgehead atoms. The van der Waals surface area contributed by atoms with E-state index in [1.807, 2.05) is 0 Å². The first-order chi connectivity index (χ1) is 14.8. The molecule has 1 spiro atoms. The molecule has 2 saturated heterocycles. The van der Waals surface area contributed by atoms with Crippen LogP contribution in [0.15, 0.2) is 24.3 Å². The highest BCUT2D eigenvalue weighted by Gasteiger charge is 2.42. The van der Waals surface area contributed by atoms with Gasteiger partial charge < -0.3 is 15.0 Å². The van der Waals surface area contributed by atoms with Crippen LogP contribution in [0.5, 0.6) is 0 Å². The molecule has 1 aliphatic carbocycles. The lowest BCUT2D eigenvalue weighted by Crippen LogP contribution is -2.46. The normalized spacial score (nSPS) is 24.7. The van der Waals surface area contributed by atoms with E-state index in [0.29, 0.717) is 23.2 Å². The minimum absolute atomic E-state index is 0. The van der Waals surface area contributed by atoms with Gasteiger partial charge >= 0.3 is 0 Å². The number of rotatable bonds is 5. The monoisotopic (exact) mass is 428 g/mol. The lowest BCUT2D eigenvalue weighted by molar-refractivity contribution is -0.123. The molecule has 4 nitrogen and oxygen atoms in total. The fourth-order valence-electron chi connectivity index (χ4n) is 5.83. The van der Waals surface area contributed by atoms with Gasteiger partial charge in [-0.2, -0.15) is 0 Å². The number of hydrogen-bond donors (Lipinski definition) is 1. The number of nitrogens with one attached hydrogen (secondary N) is 1. The second kappa shape index (κ2) is 9.62. The lowest BCUT2D eigenvalue weighted by atomic mass is 9.63. The Morgan fingerprint density at radius 2 is 1.84 bits per heavy atom. The molecule has 174 valence electrons. The molecule has 0 aromatic heterocycles. The Morgan fingerprint density at radius 1 is 1.13 bits per heavy atom. The molecule has 1 atom stereocenters. The summed E-state index contributed by atoms with van der Waals surface area (Å²) in [5.41, 5.74) is 3.59. The van der Waals surface area contributed by atoms with Gasteiger partial charge in [-0.3, -0.25) is 4.79 Å². The van der Waals surface area contributed by atoms with Crippen LogP contribution < -0.4 is 5.32 Å². The molecule has 1 N–H and O–H groups in total.